The maximum Gasteiger partial charge on any atom is 0.226 e. The highest BCUT2D eigenvalue weighted by Crippen LogP contribution is 2.19. The van der Waals surface area contributed by atoms with E-state index in [1.54, 1.807) is 0 Å². The first-order valence-corrected chi connectivity index (χ1v) is 5.64. The zero-order chi connectivity index (χ0) is 13.7. The smallest absolute Gasteiger partial charge is 0.226 e. The van der Waals surface area contributed by atoms with Gasteiger partial charge in [-0.05, 0) is 18.6 Å². The van der Waals surface area contributed by atoms with Crippen molar-refractivity contribution in [3.63, 3.8) is 0 Å². The highest BCUT2D eigenvalue weighted by molar-refractivity contribution is 5.91. The van der Waals surface area contributed by atoms with Crippen LogP contribution < -0.4 is 11.1 Å². The minimum Gasteiger partial charge on any atom is -0.327 e. The summed E-state index contributed by atoms with van der Waals surface area (Å²) < 4.78 is 38.8. The lowest BCUT2D eigenvalue weighted by Crippen LogP contribution is -2.27. The Hall–Kier alpha value is -1.56. The van der Waals surface area contributed by atoms with Gasteiger partial charge in [-0.1, -0.05) is 13.3 Å². The Balaban J connectivity index is 2.68. The molecule has 0 aliphatic rings. The van der Waals surface area contributed by atoms with Gasteiger partial charge in [0, 0.05) is 12.5 Å². The number of hydrogen-bond acceptors (Lipinski definition) is 2. The SMILES string of the molecule is CCCC(N)CC(=O)Nc1ccc(F)c(F)c1F. The van der Waals surface area contributed by atoms with E-state index < -0.39 is 23.4 Å². The molecule has 1 aromatic carbocycles. The summed E-state index contributed by atoms with van der Waals surface area (Å²) in [4.78, 5) is 11.5. The standard InChI is InChI=1S/C12H15F3N2O/c1-2-3-7(16)6-10(18)17-9-5-4-8(13)11(14)12(9)15/h4-5,7H,2-3,6,16H2,1H3,(H,17,18). The molecule has 1 amide bonds. The van der Waals surface area contributed by atoms with E-state index in [-0.39, 0.29) is 18.2 Å². The molecule has 18 heavy (non-hydrogen) atoms. The van der Waals surface area contributed by atoms with E-state index in [0.29, 0.717) is 6.42 Å². The number of amides is 1. The molecular weight excluding hydrogens is 245 g/mol. The van der Waals surface area contributed by atoms with Crippen molar-refractivity contribution >= 4 is 11.6 Å². The molecule has 6 heteroatoms. The summed E-state index contributed by atoms with van der Waals surface area (Å²) in [6.45, 7) is 1.92. The monoisotopic (exact) mass is 260 g/mol. The number of halogens is 3. The Morgan fingerprint density at radius 1 is 1.33 bits per heavy atom. The molecule has 0 bridgehead atoms. The van der Waals surface area contributed by atoms with Gasteiger partial charge < -0.3 is 11.1 Å². The van der Waals surface area contributed by atoms with E-state index in [2.05, 4.69) is 5.32 Å². The predicted octanol–water partition coefficient (Wildman–Crippen LogP) is 2.56. The number of hydrogen-bond donors (Lipinski definition) is 2. The van der Waals surface area contributed by atoms with E-state index in [9.17, 15) is 18.0 Å². The second-order valence-electron chi connectivity index (χ2n) is 4.02. The Bertz CT molecular complexity index is 438. The summed E-state index contributed by atoms with van der Waals surface area (Å²) in [7, 11) is 0. The molecule has 1 unspecified atom stereocenters. The zero-order valence-electron chi connectivity index (χ0n) is 9.97. The van der Waals surface area contributed by atoms with Gasteiger partial charge in [-0.2, -0.15) is 0 Å². The van der Waals surface area contributed by atoms with Crippen molar-refractivity contribution in [3.8, 4) is 0 Å². The zero-order valence-corrected chi connectivity index (χ0v) is 9.97. The first-order chi connectivity index (χ1) is 8.45. The lowest BCUT2D eigenvalue weighted by molar-refractivity contribution is -0.116. The molecule has 0 heterocycles. The Morgan fingerprint density at radius 2 is 2.00 bits per heavy atom. The first-order valence-electron chi connectivity index (χ1n) is 5.64. The molecule has 0 aliphatic carbocycles. The molecule has 1 atom stereocenters. The molecule has 0 spiro atoms. The minimum atomic E-state index is -1.61. The fourth-order valence-electron chi connectivity index (χ4n) is 1.53. The van der Waals surface area contributed by atoms with Crippen LogP contribution in [0.1, 0.15) is 26.2 Å². The van der Waals surface area contributed by atoms with Gasteiger partial charge in [0.15, 0.2) is 17.5 Å². The fraction of sp³-hybridized carbons (Fsp3) is 0.417. The van der Waals surface area contributed by atoms with Gasteiger partial charge in [0.1, 0.15) is 0 Å². The second kappa shape index (κ2) is 6.39. The molecule has 1 rings (SSSR count). The summed E-state index contributed by atoms with van der Waals surface area (Å²) in [5.74, 6) is -4.84. The normalized spacial score (nSPS) is 12.3. The highest BCUT2D eigenvalue weighted by Gasteiger charge is 2.16. The van der Waals surface area contributed by atoms with Crippen LogP contribution in [-0.2, 0) is 4.79 Å². The van der Waals surface area contributed by atoms with Crippen molar-refractivity contribution in [1.29, 1.82) is 0 Å². The second-order valence-corrected chi connectivity index (χ2v) is 4.02. The summed E-state index contributed by atoms with van der Waals surface area (Å²) in [5.41, 5.74) is 5.26. The van der Waals surface area contributed by atoms with Crippen LogP contribution in [0, 0.1) is 17.5 Å². The summed E-state index contributed by atoms with van der Waals surface area (Å²) >= 11 is 0. The average molecular weight is 260 g/mol. The van der Waals surface area contributed by atoms with Crippen molar-refractivity contribution in [1.82, 2.24) is 0 Å². The molecule has 0 radical (unpaired) electrons. The molecule has 0 aliphatic heterocycles. The number of anilines is 1. The van der Waals surface area contributed by atoms with Crippen molar-refractivity contribution in [2.45, 2.75) is 32.2 Å². The largest absolute Gasteiger partial charge is 0.327 e. The lowest BCUT2D eigenvalue weighted by Gasteiger charge is -2.11. The molecule has 0 saturated carbocycles. The Kier molecular flexibility index (Phi) is 5.15. The van der Waals surface area contributed by atoms with Crippen LogP contribution in [0.4, 0.5) is 18.9 Å². The number of nitrogens with one attached hydrogen (secondary N) is 1. The van der Waals surface area contributed by atoms with Crippen molar-refractivity contribution in [2.24, 2.45) is 5.73 Å². The van der Waals surface area contributed by atoms with Gasteiger partial charge in [-0.15, -0.1) is 0 Å². The maximum absolute atomic E-state index is 13.2. The van der Waals surface area contributed by atoms with Gasteiger partial charge in [-0.3, -0.25) is 4.79 Å². The highest BCUT2D eigenvalue weighted by atomic mass is 19.2. The van der Waals surface area contributed by atoms with Crippen molar-refractivity contribution in [2.75, 3.05) is 5.32 Å². The Labute approximate surface area is 103 Å². The lowest BCUT2D eigenvalue weighted by atomic mass is 10.1. The molecule has 0 fully saturated rings. The van der Waals surface area contributed by atoms with E-state index in [1.807, 2.05) is 6.92 Å². The number of carbonyl (C=O) groups excluding carboxylic acids is 1. The van der Waals surface area contributed by atoms with Crippen LogP contribution >= 0.6 is 0 Å². The van der Waals surface area contributed by atoms with E-state index in [1.165, 1.54) is 0 Å². The molecular formula is C12H15F3N2O. The number of rotatable bonds is 5. The van der Waals surface area contributed by atoms with Gasteiger partial charge in [0.2, 0.25) is 5.91 Å². The molecule has 3 N–H and O–H groups in total. The summed E-state index contributed by atoms with van der Waals surface area (Å²) in [6, 6.07) is 1.39. The molecule has 1 aromatic rings. The van der Waals surface area contributed by atoms with Gasteiger partial charge >= 0.3 is 0 Å². The van der Waals surface area contributed by atoms with Crippen LogP contribution in [0.2, 0.25) is 0 Å². The average Bonchev–Trinajstić information content (AvgIpc) is 2.30. The maximum atomic E-state index is 13.2. The third-order valence-corrected chi connectivity index (χ3v) is 2.42. The predicted molar refractivity (Wildman–Crippen MR) is 62.4 cm³/mol. The molecule has 100 valence electrons. The van der Waals surface area contributed by atoms with E-state index in [4.69, 9.17) is 5.73 Å². The third kappa shape index (κ3) is 3.73. The molecule has 0 saturated heterocycles. The minimum absolute atomic E-state index is 0.00623. The van der Waals surface area contributed by atoms with Crippen LogP contribution in [0.5, 0.6) is 0 Å². The van der Waals surface area contributed by atoms with Crippen LogP contribution in [0.3, 0.4) is 0 Å². The van der Waals surface area contributed by atoms with Crippen LogP contribution in [0.25, 0.3) is 0 Å². The number of nitrogens with two attached hydrogens (primary N) is 1. The van der Waals surface area contributed by atoms with Crippen molar-refractivity contribution in [3.05, 3.63) is 29.6 Å². The van der Waals surface area contributed by atoms with E-state index >= 15 is 0 Å². The first kappa shape index (κ1) is 14.5. The molecule has 0 aromatic heterocycles. The van der Waals surface area contributed by atoms with Gasteiger partial charge in [0.05, 0.1) is 5.69 Å². The quantitative estimate of drug-likeness (QED) is 0.799. The topological polar surface area (TPSA) is 55.1 Å². The van der Waals surface area contributed by atoms with Crippen LogP contribution in [-0.4, -0.2) is 11.9 Å². The summed E-state index contributed by atoms with van der Waals surface area (Å²) in [6.07, 6.45) is 1.49. The van der Waals surface area contributed by atoms with Gasteiger partial charge in [-0.25, -0.2) is 13.2 Å². The fourth-order valence-corrected chi connectivity index (χ4v) is 1.53. The van der Waals surface area contributed by atoms with Crippen LogP contribution in [0.15, 0.2) is 12.1 Å². The number of benzene rings is 1. The number of carbonyl (C=O) groups is 1. The summed E-state index contributed by atoms with van der Waals surface area (Å²) in [5, 5.41) is 2.17. The Morgan fingerprint density at radius 3 is 2.61 bits per heavy atom. The van der Waals surface area contributed by atoms with Gasteiger partial charge in [0.25, 0.3) is 0 Å². The molecule has 3 nitrogen and oxygen atoms in total. The van der Waals surface area contributed by atoms with E-state index in [0.717, 1.165) is 18.6 Å². The third-order valence-electron chi connectivity index (χ3n) is 2.42. The van der Waals surface area contributed by atoms with Crippen molar-refractivity contribution < 1.29 is 18.0 Å².